The highest BCUT2D eigenvalue weighted by atomic mass is 16.3. The Balaban J connectivity index is 1.63. The van der Waals surface area contributed by atoms with Crippen LogP contribution >= 0.6 is 0 Å². The van der Waals surface area contributed by atoms with Gasteiger partial charge in [0.05, 0.1) is 0 Å². The average Bonchev–Trinajstić information content (AvgIpc) is 2.95. The molecule has 0 amide bonds. The summed E-state index contributed by atoms with van der Waals surface area (Å²) in [6.45, 7) is 3.49. The van der Waals surface area contributed by atoms with E-state index in [1.165, 1.54) is 25.9 Å². The second kappa shape index (κ2) is 4.74. The highest BCUT2D eigenvalue weighted by Crippen LogP contribution is 2.20. The lowest BCUT2D eigenvalue weighted by Gasteiger charge is -2.17. The van der Waals surface area contributed by atoms with Crippen LogP contribution in [0.3, 0.4) is 0 Å². The first kappa shape index (κ1) is 11.2. The fraction of sp³-hybridized carbons (Fsp3) is 0.833. The molecule has 1 aromatic rings. The van der Waals surface area contributed by atoms with E-state index in [-0.39, 0.29) is 0 Å². The van der Waals surface area contributed by atoms with E-state index < -0.39 is 6.23 Å². The molecular weight excluding hydrogens is 216 g/mol. The van der Waals surface area contributed by atoms with Gasteiger partial charge in [-0.05, 0) is 38.8 Å². The van der Waals surface area contributed by atoms with Crippen LogP contribution in [0.25, 0.3) is 0 Å². The quantitative estimate of drug-likeness (QED) is 0.841. The van der Waals surface area contributed by atoms with E-state index in [4.69, 9.17) is 0 Å². The summed E-state index contributed by atoms with van der Waals surface area (Å²) < 4.78 is 1.71. The molecule has 5 nitrogen and oxygen atoms in total. The van der Waals surface area contributed by atoms with Gasteiger partial charge in [0.1, 0.15) is 12.1 Å². The van der Waals surface area contributed by atoms with Gasteiger partial charge in [0.2, 0.25) is 0 Å². The molecule has 1 N–H and O–H groups in total. The van der Waals surface area contributed by atoms with E-state index in [1.807, 2.05) is 0 Å². The van der Waals surface area contributed by atoms with Crippen molar-refractivity contribution in [3.63, 3.8) is 0 Å². The Hall–Kier alpha value is -0.940. The summed E-state index contributed by atoms with van der Waals surface area (Å²) in [5, 5.41) is 14.2. The number of hydrogen-bond donors (Lipinski definition) is 1. The summed E-state index contributed by atoms with van der Waals surface area (Å²) >= 11 is 0. The normalized spacial score (nSPS) is 25.1. The van der Waals surface area contributed by atoms with Crippen molar-refractivity contribution in [2.24, 2.45) is 0 Å². The van der Waals surface area contributed by atoms with Gasteiger partial charge >= 0.3 is 0 Å². The van der Waals surface area contributed by atoms with Crippen molar-refractivity contribution in [1.82, 2.24) is 19.7 Å². The van der Waals surface area contributed by atoms with Gasteiger partial charge in [0.25, 0.3) is 0 Å². The Morgan fingerprint density at radius 2 is 2.06 bits per heavy atom. The standard InChI is InChI=1S/C12H20N4O/c17-12-5-3-4-11-13-10(14-16(11)12)6-9-15-7-1-2-8-15/h12,17H,1-9H2. The van der Waals surface area contributed by atoms with Crippen LogP contribution in [0.4, 0.5) is 0 Å². The Kier molecular flexibility index (Phi) is 3.11. The zero-order valence-corrected chi connectivity index (χ0v) is 10.2. The largest absolute Gasteiger partial charge is 0.372 e. The molecular formula is C12H20N4O. The molecule has 3 heterocycles. The van der Waals surface area contributed by atoms with Crippen LogP contribution in [-0.2, 0) is 12.8 Å². The third-order valence-corrected chi connectivity index (χ3v) is 3.74. The van der Waals surface area contributed by atoms with Crippen molar-refractivity contribution >= 4 is 0 Å². The van der Waals surface area contributed by atoms with Crippen LogP contribution in [0, 0.1) is 0 Å². The molecule has 94 valence electrons. The first-order valence-corrected chi connectivity index (χ1v) is 6.67. The van der Waals surface area contributed by atoms with E-state index >= 15 is 0 Å². The highest BCUT2D eigenvalue weighted by Gasteiger charge is 2.21. The number of hydrogen-bond acceptors (Lipinski definition) is 4. The number of rotatable bonds is 3. The van der Waals surface area contributed by atoms with Gasteiger partial charge < -0.3 is 10.0 Å². The zero-order chi connectivity index (χ0) is 11.7. The number of fused-ring (bicyclic) bond motifs is 1. The lowest BCUT2D eigenvalue weighted by atomic mass is 10.1. The second-order valence-electron chi connectivity index (χ2n) is 5.06. The number of aliphatic hydroxyl groups is 1. The van der Waals surface area contributed by atoms with E-state index in [0.29, 0.717) is 0 Å². The smallest absolute Gasteiger partial charge is 0.152 e. The Morgan fingerprint density at radius 3 is 2.82 bits per heavy atom. The predicted molar refractivity (Wildman–Crippen MR) is 63.6 cm³/mol. The molecule has 2 aliphatic heterocycles. The summed E-state index contributed by atoms with van der Waals surface area (Å²) in [7, 11) is 0. The monoisotopic (exact) mass is 236 g/mol. The van der Waals surface area contributed by atoms with Crippen molar-refractivity contribution in [3.8, 4) is 0 Å². The summed E-state index contributed by atoms with van der Waals surface area (Å²) in [4.78, 5) is 7.00. The lowest BCUT2D eigenvalue weighted by Crippen LogP contribution is -2.22. The number of aryl methyl sites for hydroxylation is 1. The Labute approximate surface area is 101 Å². The molecule has 0 saturated carbocycles. The molecule has 0 aromatic carbocycles. The van der Waals surface area contributed by atoms with E-state index in [2.05, 4.69) is 15.0 Å². The minimum absolute atomic E-state index is 0.452. The van der Waals surface area contributed by atoms with Crippen LogP contribution < -0.4 is 0 Å². The third kappa shape index (κ3) is 2.35. The van der Waals surface area contributed by atoms with E-state index in [0.717, 1.165) is 43.9 Å². The first-order valence-electron chi connectivity index (χ1n) is 6.67. The molecule has 1 aromatic heterocycles. The van der Waals surface area contributed by atoms with Gasteiger partial charge in [-0.1, -0.05) is 0 Å². The Bertz CT molecular complexity index is 384. The maximum Gasteiger partial charge on any atom is 0.152 e. The molecule has 1 saturated heterocycles. The van der Waals surface area contributed by atoms with Crippen LogP contribution in [-0.4, -0.2) is 44.4 Å². The summed E-state index contributed by atoms with van der Waals surface area (Å²) in [6.07, 6.45) is 5.89. The number of nitrogens with zero attached hydrogens (tertiary/aromatic N) is 4. The van der Waals surface area contributed by atoms with Crippen molar-refractivity contribution in [2.45, 2.75) is 44.8 Å². The molecule has 0 spiro atoms. The molecule has 17 heavy (non-hydrogen) atoms. The molecule has 1 atom stereocenters. The maximum absolute atomic E-state index is 9.80. The summed E-state index contributed by atoms with van der Waals surface area (Å²) in [6, 6.07) is 0. The third-order valence-electron chi connectivity index (χ3n) is 3.74. The number of aromatic nitrogens is 3. The van der Waals surface area contributed by atoms with Crippen molar-refractivity contribution in [3.05, 3.63) is 11.6 Å². The fourth-order valence-electron chi connectivity index (χ4n) is 2.75. The van der Waals surface area contributed by atoms with Gasteiger partial charge in [-0.25, -0.2) is 9.67 Å². The van der Waals surface area contributed by atoms with Crippen LogP contribution in [0.15, 0.2) is 0 Å². The molecule has 5 heteroatoms. The van der Waals surface area contributed by atoms with E-state index in [1.54, 1.807) is 4.68 Å². The van der Waals surface area contributed by atoms with Gasteiger partial charge in [-0.15, -0.1) is 0 Å². The molecule has 0 radical (unpaired) electrons. The molecule has 0 aliphatic carbocycles. The van der Waals surface area contributed by atoms with Crippen LogP contribution in [0.1, 0.15) is 43.6 Å². The zero-order valence-electron chi connectivity index (χ0n) is 10.2. The van der Waals surface area contributed by atoms with Gasteiger partial charge in [-0.2, -0.15) is 5.10 Å². The summed E-state index contributed by atoms with van der Waals surface area (Å²) in [5.74, 6) is 1.85. The van der Waals surface area contributed by atoms with E-state index in [9.17, 15) is 5.11 Å². The molecule has 1 unspecified atom stereocenters. The summed E-state index contributed by atoms with van der Waals surface area (Å²) in [5.41, 5.74) is 0. The van der Waals surface area contributed by atoms with Crippen molar-refractivity contribution < 1.29 is 5.11 Å². The average molecular weight is 236 g/mol. The SMILES string of the molecule is OC1CCCc2nc(CCN3CCCC3)nn21. The topological polar surface area (TPSA) is 54.2 Å². The predicted octanol–water partition coefficient (Wildman–Crippen LogP) is 0.744. The van der Waals surface area contributed by atoms with Crippen molar-refractivity contribution in [1.29, 1.82) is 0 Å². The minimum atomic E-state index is -0.452. The van der Waals surface area contributed by atoms with Gasteiger partial charge in [0.15, 0.2) is 5.82 Å². The second-order valence-corrected chi connectivity index (χ2v) is 5.06. The maximum atomic E-state index is 9.80. The van der Waals surface area contributed by atoms with Crippen molar-refractivity contribution in [2.75, 3.05) is 19.6 Å². The molecule has 0 bridgehead atoms. The fourth-order valence-corrected chi connectivity index (χ4v) is 2.75. The van der Waals surface area contributed by atoms with Gasteiger partial charge in [-0.3, -0.25) is 0 Å². The van der Waals surface area contributed by atoms with Gasteiger partial charge in [0, 0.05) is 19.4 Å². The molecule has 1 fully saturated rings. The number of aliphatic hydroxyl groups excluding tert-OH is 1. The Morgan fingerprint density at radius 1 is 1.24 bits per heavy atom. The minimum Gasteiger partial charge on any atom is -0.372 e. The first-order chi connectivity index (χ1) is 8.33. The number of likely N-dealkylation sites (tertiary alicyclic amines) is 1. The molecule has 2 aliphatic rings. The molecule has 3 rings (SSSR count). The highest BCUT2D eigenvalue weighted by molar-refractivity contribution is 4.97. The van der Waals surface area contributed by atoms with Crippen LogP contribution in [0.2, 0.25) is 0 Å². The van der Waals surface area contributed by atoms with Crippen LogP contribution in [0.5, 0.6) is 0 Å². The lowest BCUT2D eigenvalue weighted by molar-refractivity contribution is 0.0643.